The highest BCUT2D eigenvalue weighted by atomic mass is 35.5. The van der Waals surface area contributed by atoms with Crippen LogP contribution in [0.5, 0.6) is 0 Å². The molecule has 4 rings (SSSR count). The van der Waals surface area contributed by atoms with Gasteiger partial charge in [-0.05, 0) is 45.1 Å². The van der Waals surface area contributed by atoms with Crippen molar-refractivity contribution in [1.82, 2.24) is 24.9 Å². The lowest BCUT2D eigenvalue weighted by molar-refractivity contribution is -0.124. The minimum Gasteiger partial charge on any atom is -0.354 e. The van der Waals surface area contributed by atoms with E-state index in [0.717, 1.165) is 61.3 Å². The topological polar surface area (TPSA) is 53.4 Å². The quantitative estimate of drug-likeness (QED) is 0.571. The average molecular weight is 440 g/mol. The second kappa shape index (κ2) is 9.81. The Bertz CT molecular complexity index is 1030. The minimum atomic E-state index is -0.412. The number of hydrogen-bond donors (Lipinski definition) is 1. The third-order valence-electron chi connectivity index (χ3n) is 6.01. The maximum atomic E-state index is 12.9. The largest absolute Gasteiger partial charge is 0.354 e. The third-order valence-corrected chi connectivity index (χ3v) is 6.24. The Kier molecular flexibility index (Phi) is 6.90. The molecule has 1 aromatic heterocycles. The molecule has 3 aromatic rings. The van der Waals surface area contributed by atoms with Gasteiger partial charge in [-0.2, -0.15) is 5.10 Å². The maximum absolute atomic E-state index is 12.9. The number of fused-ring (bicyclic) bond motifs is 1. The molecule has 1 fully saturated rings. The molecule has 0 spiro atoms. The molecule has 1 N–H and O–H groups in total. The fraction of sp³-hybridized carbons (Fsp3) is 0.417. The number of carbonyl (C=O) groups is 1. The lowest BCUT2D eigenvalue weighted by atomic mass is 10.1. The van der Waals surface area contributed by atoms with E-state index < -0.39 is 6.04 Å². The zero-order valence-corrected chi connectivity index (χ0v) is 19.0. The van der Waals surface area contributed by atoms with Crippen LogP contribution in [0.25, 0.3) is 22.2 Å². The number of nitrogens with one attached hydrogen (secondary N) is 1. The molecule has 2 heterocycles. The number of nitrogens with zero attached hydrogens (tertiary/aromatic N) is 4. The van der Waals surface area contributed by atoms with Crippen molar-refractivity contribution < 1.29 is 4.79 Å². The minimum absolute atomic E-state index is 0.0164. The molecule has 7 heteroatoms. The van der Waals surface area contributed by atoms with E-state index in [1.54, 1.807) is 0 Å². The van der Waals surface area contributed by atoms with Gasteiger partial charge in [0.05, 0.1) is 5.52 Å². The van der Waals surface area contributed by atoms with E-state index >= 15 is 0 Å². The normalized spacial score (nSPS) is 16.5. The number of carbonyl (C=O) groups excluding carboxylic acids is 1. The van der Waals surface area contributed by atoms with Crippen molar-refractivity contribution >= 4 is 28.4 Å². The summed E-state index contributed by atoms with van der Waals surface area (Å²) in [5.41, 5.74) is 2.75. The molecule has 164 valence electrons. The van der Waals surface area contributed by atoms with Crippen LogP contribution in [0.4, 0.5) is 0 Å². The van der Waals surface area contributed by atoms with Crippen molar-refractivity contribution in [2.75, 3.05) is 46.3 Å². The van der Waals surface area contributed by atoms with Crippen LogP contribution >= 0.6 is 11.6 Å². The van der Waals surface area contributed by atoms with Crippen LogP contribution in [-0.2, 0) is 4.79 Å². The van der Waals surface area contributed by atoms with Crippen molar-refractivity contribution in [2.24, 2.45) is 0 Å². The van der Waals surface area contributed by atoms with Gasteiger partial charge in [-0.25, -0.2) is 0 Å². The van der Waals surface area contributed by atoms with Gasteiger partial charge in [-0.3, -0.25) is 9.48 Å². The Balaban J connectivity index is 1.43. The Labute approximate surface area is 188 Å². The number of benzene rings is 2. The van der Waals surface area contributed by atoms with E-state index in [4.69, 9.17) is 16.7 Å². The summed E-state index contributed by atoms with van der Waals surface area (Å²) in [5.74, 6) is -0.0164. The SMILES string of the molecule is CC(C(=O)NCCCN1CCN(C)CC1)n1nc(-c2ccccc2)c2cc(Cl)ccc21. The van der Waals surface area contributed by atoms with Crippen LogP contribution in [0.15, 0.2) is 48.5 Å². The molecule has 2 aromatic carbocycles. The van der Waals surface area contributed by atoms with E-state index in [-0.39, 0.29) is 5.91 Å². The molecule has 1 atom stereocenters. The van der Waals surface area contributed by atoms with Gasteiger partial charge in [-0.1, -0.05) is 41.9 Å². The summed E-state index contributed by atoms with van der Waals surface area (Å²) in [6.07, 6.45) is 0.951. The Morgan fingerprint density at radius 2 is 1.87 bits per heavy atom. The predicted octanol–water partition coefficient (Wildman–Crippen LogP) is 3.67. The van der Waals surface area contributed by atoms with Gasteiger partial charge in [0.1, 0.15) is 11.7 Å². The van der Waals surface area contributed by atoms with Crippen LogP contribution < -0.4 is 5.32 Å². The molecule has 0 saturated carbocycles. The monoisotopic (exact) mass is 439 g/mol. The van der Waals surface area contributed by atoms with Crippen LogP contribution in [0.3, 0.4) is 0 Å². The van der Waals surface area contributed by atoms with E-state index in [1.807, 2.05) is 60.1 Å². The first-order valence-electron chi connectivity index (χ1n) is 10.9. The van der Waals surface area contributed by atoms with Gasteiger partial charge in [-0.15, -0.1) is 0 Å². The van der Waals surface area contributed by atoms with Gasteiger partial charge in [0.15, 0.2) is 0 Å². The summed E-state index contributed by atoms with van der Waals surface area (Å²) < 4.78 is 1.81. The molecular formula is C24H30ClN5O. The molecule has 0 radical (unpaired) electrons. The molecule has 1 aliphatic rings. The molecule has 6 nitrogen and oxygen atoms in total. The molecule has 1 aliphatic heterocycles. The number of piperazine rings is 1. The molecule has 0 aliphatic carbocycles. The summed E-state index contributed by atoms with van der Waals surface area (Å²) in [6, 6.07) is 15.3. The lowest BCUT2D eigenvalue weighted by Gasteiger charge is -2.32. The Hall–Kier alpha value is -2.41. The molecular weight excluding hydrogens is 410 g/mol. The van der Waals surface area contributed by atoms with Gasteiger partial charge < -0.3 is 15.1 Å². The first kappa shape index (κ1) is 21.8. The van der Waals surface area contributed by atoms with E-state index in [2.05, 4.69) is 22.2 Å². The number of rotatable bonds is 7. The van der Waals surface area contributed by atoms with Gasteiger partial charge in [0.25, 0.3) is 0 Å². The summed E-state index contributed by atoms with van der Waals surface area (Å²) >= 11 is 6.26. The third kappa shape index (κ3) is 5.09. The van der Waals surface area contributed by atoms with Crippen molar-refractivity contribution in [3.8, 4) is 11.3 Å². The van der Waals surface area contributed by atoms with Gasteiger partial charge in [0, 0.05) is 48.7 Å². The highest BCUT2D eigenvalue weighted by Crippen LogP contribution is 2.31. The molecule has 0 bridgehead atoms. The summed E-state index contributed by atoms with van der Waals surface area (Å²) in [7, 11) is 2.16. The fourth-order valence-corrected chi connectivity index (χ4v) is 4.23. The predicted molar refractivity (Wildman–Crippen MR) is 126 cm³/mol. The Morgan fingerprint density at radius 3 is 2.61 bits per heavy atom. The zero-order chi connectivity index (χ0) is 21.8. The van der Waals surface area contributed by atoms with E-state index in [0.29, 0.717) is 11.6 Å². The van der Waals surface area contributed by atoms with Crippen molar-refractivity contribution in [2.45, 2.75) is 19.4 Å². The number of aromatic nitrogens is 2. The van der Waals surface area contributed by atoms with Crippen molar-refractivity contribution in [1.29, 1.82) is 0 Å². The highest BCUT2D eigenvalue weighted by Gasteiger charge is 2.21. The number of halogens is 1. The summed E-state index contributed by atoms with van der Waals surface area (Å²) in [4.78, 5) is 17.7. The number of amides is 1. The van der Waals surface area contributed by atoms with Crippen LogP contribution in [0.2, 0.25) is 5.02 Å². The van der Waals surface area contributed by atoms with Crippen LogP contribution in [0, 0.1) is 0 Å². The van der Waals surface area contributed by atoms with Crippen LogP contribution in [-0.4, -0.2) is 71.8 Å². The first-order valence-corrected chi connectivity index (χ1v) is 11.3. The van der Waals surface area contributed by atoms with Crippen molar-refractivity contribution in [3.05, 3.63) is 53.6 Å². The molecule has 1 unspecified atom stereocenters. The lowest BCUT2D eigenvalue weighted by Crippen LogP contribution is -2.45. The van der Waals surface area contributed by atoms with Crippen LogP contribution in [0.1, 0.15) is 19.4 Å². The van der Waals surface area contributed by atoms with Gasteiger partial charge in [0.2, 0.25) is 5.91 Å². The summed E-state index contributed by atoms with van der Waals surface area (Å²) in [6.45, 7) is 8.02. The standard InChI is InChI=1S/C24H30ClN5O/c1-18(24(31)26-11-6-12-29-15-13-28(2)14-16-29)30-22-10-9-20(25)17-21(22)23(27-30)19-7-4-3-5-8-19/h3-5,7-10,17-18H,6,11-16H2,1-2H3,(H,26,31). The molecule has 1 amide bonds. The number of hydrogen-bond acceptors (Lipinski definition) is 4. The highest BCUT2D eigenvalue weighted by molar-refractivity contribution is 6.31. The smallest absolute Gasteiger partial charge is 0.244 e. The van der Waals surface area contributed by atoms with E-state index in [1.165, 1.54) is 0 Å². The average Bonchev–Trinajstić information content (AvgIpc) is 3.16. The molecule has 1 saturated heterocycles. The second-order valence-electron chi connectivity index (χ2n) is 8.29. The first-order chi connectivity index (χ1) is 15.0. The summed E-state index contributed by atoms with van der Waals surface area (Å²) in [5, 5.41) is 9.52. The number of likely N-dealkylation sites (N-methyl/N-ethyl adjacent to an activating group) is 1. The molecule has 31 heavy (non-hydrogen) atoms. The van der Waals surface area contributed by atoms with Crippen molar-refractivity contribution in [3.63, 3.8) is 0 Å². The van der Waals surface area contributed by atoms with E-state index in [9.17, 15) is 4.79 Å². The fourth-order valence-electron chi connectivity index (χ4n) is 4.06. The zero-order valence-electron chi connectivity index (χ0n) is 18.2. The maximum Gasteiger partial charge on any atom is 0.244 e. The second-order valence-corrected chi connectivity index (χ2v) is 8.72. The van der Waals surface area contributed by atoms with Gasteiger partial charge >= 0.3 is 0 Å². The Morgan fingerprint density at radius 1 is 1.13 bits per heavy atom.